The number of methoxy groups -OCH3 is 1. The number of benzene rings is 1. The van der Waals surface area contributed by atoms with Crippen molar-refractivity contribution in [3.63, 3.8) is 0 Å². The Morgan fingerprint density at radius 2 is 2.00 bits per heavy atom. The van der Waals surface area contributed by atoms with Crippen LogP contribution in [-0.2, 0) is 10.2 Å². The van der Waals surface area contributed by atoms with E-state index in [0.29, 0.717) is 0 Å². The highest BCUT2D eigenvalue weighted by molar-refractivity contribution is 9.10. The van der Waals surface area contributed by atoms with E-state index in [1.807, 2.05) is 24.3 Å². The van der Waals surface area contributed by atoms with Crippen molar-refractivity contribution in [1.82, 2.24) is 0 Å². The molecule has 0 atom stereocenters. The number of aliphatic hydroxyl groups excluding tert-OH is 2. The van der Waals surface area contributed by atoms with E-state index in [-0.39, 0.29) is 19.8 Å². The van der Waals surface area contributed by atoms with Crippen molar-refractivity contribution in [2.45, 2.75) is 5.41 Å². The first kappa shape index (κ1) is 12.6. The summed E-state index contributed by atoms with van der Waals surface area (Å²) in [4.78, 5) is 0. The molecule has 0 aromatic heterocycles. The zero-order valence-electron chi connectivity index (χ0n) is 8.61. The average Bonchev–Trinajstić information content (AvgIpc) is 2.26. The zero-order valence-corrected chi connectivity index (χ0v) is 10.2. The monoisotopic (exact) mass is 274 g/mol. The minimum Gasteiger partial charge on any atom is -0.395 e. The van der Waals surface area contributed by atoms with Crippen LogP contribution in [0, 0.1) is 0 Å². The molecule has 15 heavy (non-hydrogen) atoms. The molecule has 0 amide bonds. The highest BCUT2D eigenvalue weighted by atomic mass is 79.9. The van der Waals surface area contributed by atoms with Gasteiger partial charge in [0.2, 0.25) is 0 Å². The Balaban J connectivity index is 3.07. The number of hydrogen-bond acceptors (Lipinski definition) is 3. The lowest BCUT2D eigenvalue weighted by Crippen LogP contribution is -2.39. The van der Waals surface area contributed by atoms with E-state index in [1.54, 1.807) is 7.11 Å². The van der Waals surface area contributed by atoms with E-state index < -0.39 is 5.41 Å². The van der Waals surface area contributed by atoms with Crippen LogP contribution < -0.4 is 0 Å². The minimum absolute atomic E-state index is 0.145. The van der Waals surface area contributed by atoms with Crippen LogP contribution in [0.2, 0.25) is 0 Å². The van der Waals surface area contributed by atoms with Crippen molar-refractivity contribution in [3.8, 4) is 0 Å². The van der Waals surface area contributed by atoms with E-state index in [4.69, 9.17) is 4.74 Å². The molecule has 0 bridgehead atoms. The molecule has 0 aliphatic carbocycles. The molecule has 2 N–H and O–H groups in total. The quantitative estimate of drug-likeness (QED) is 0.852. The lowest BCUT2D eigenvalue weighted by Gasteiger charge is -2.29. The fraction of sp³-hybridized carbons (Fsp3) is 0.455. The molecule has 0 heterocycles. The number of ether oxygens (including phenoxy) is 1. The number of aliphatic hydroxyl groups is 2. The molecular weight excluding hydrogens is 260 g/mol. The standard InChI is InChI=1S/C11H15BrO3/c1-15-8-11(6-13,7-14)9-3-2-4-10(12)5-9/h2-5,13-14H,6-8H2,1H3. The van der Waals surface area contributed by atoms with E-state index >= 15 is 0 Å². The summed E-state index contributed by atoms with van der Waals surface area (Å²) in [5, 5.41) is 18.8. The predicted molar refractivity (Wildman–Crippen MR) is 61.9 cm³/mol. The van der Waals surface area contributed by atoms with Gasteiger partial charge in [-0.2, -0.15) is 0 Å². The van der Waals surface area contributed by atoms with E-state index in [1.165, 1.54) is 0 Å². The van der Waals surface area contributed by atoms with Crippen LogP contribution in [0.4, 0.5) is 0 Å². The van der Waals surface area contributed by atoms with Gasteiger partial charge in [0.05, 0.1) is 25.2 Å². The SMILES string of the molecule is COCC(CO)(CO)c1cccc(Br)c1. The summed E-state index contributed by atoms with van der Waals surface area (Å²) in [6.45, 7) is -0.00194. The Morgan fingerprint density at radius 1 is 1.33 bits per heavy atom. The molecule has 1 aromatic rings. The molecule has 3 nitrogen and oxygen atoms in total. The second-order valence-electron chi connectivity index (χ2n) is 3.54. The average molecular weight is 275 g/mol. The molecule has 0 radical (unpaired) electrons. The van der Waals surface area contributed by atoms with Crippen LogP contribution >= 0.6 is 15.9 Å². The smallest absolute Gasteiger partial charge is 0.0648 e. The van der Waals surface area contributed by atoms with Crippen LogP contribution in [0.5, 0.6) is 0 Å². The van der Waals surface area contributed by atoms with Crippen LogP contribution in [0.25, 0.3) is 0 Å². The third-order valence-corrected chi connectivity index (χ3v) is 2.96. The summed E-state index contributed by atoms with van der Waals surface area (Å²) < 4.78 is 5.97. The summed E-state index contributed by atoms with van der Waals surface area (Å²) >= 11 is 3.36. The summed E-state index contributed by atoms with van der Waals surface area (Å²) in [5.41, 5.74) is 0.141. The Labute approximate surface area is 97.8 Å². The van der Waals surface area contributed by atoms with Gasteiger partial charge in [0.25, 0.3) is 0 Å². The van der Waals surface area contributed by atoms with Gasteiger partial charge in [0, 0.05) is 11.6 Å². The van der Waals surface area contributed by atoms with Gasteiger partial charge >= 0.3 is 0 Å². The van der Waals surface area contributed by atoms with Crippen molar-refractivity contribution in [1.29, 1.82) is 0 Å². The second-order valence-corrected chi connectivity index (χ2v) is 4.46. The number of halogens is 1. The maximum absolute atomic E-state index is 9.40. The van der Waals surface area contributed by atoms with Gasteiger partial charge in [-0.15, -0.1) is 0 Å². The summed E-state index contributed by atoms with van der Waals surface area (Å²) in [5.74, 6) is 0. The Kier molecular flexibility index (Phi) is 4.73. The lowest BCUT2D eigenvalue weighted by atomic mass is 9.83. The van der Waals surface area contributed by atoms with Crippen molar-refractivity contribution < 1.29 is 14.9 Å². The van der Waals surface area contributed by atoms with Gasteiger partial charge in [-0.1, -0.05) is 28.1 Å². The van der Waals surface area contributed by atoms with Crippen molar-refractivity contribution >= 4 is 15.9 Å². The molecule has 1 rings (SSSR count). The van der Waals surface area contributed by atoms with Gasteiger partial charge in [-0.05, 0) is 17.7 Å². The number of rotatable bonds is 5. The molecule has 0 saturated carbocycles. The first-order valence-electron chi connectivity index (χ1n) is 4.65. The first-order chi connectivity index (χ1) is 7.18. The summed E-state index contributed by atoms with van der Waals surface area (Å²) in [6, 6.07) is 7.52. The predicted octanol–water partition coefficient (Wildman–Crippen LogP) is 1.32. The number of hydrogen-bond donors (Lipinski definition) is 2. The highest BCUT2D eigenvalue weighted by Crippen LogP contribution is 2.26. The van der Waals surface area contributed by atoms with E-state index in [9.17, 15) is 10.2 Å². The van der Waals surface area contributed by atoms with Gasteiger partial charge < -0.3 is 14.9 Å². The fourth-order valence-electron chi connectivity index (χ4n) is 1.50. The first-order valence-corrected chi connectivity index (χ1v) is 5.44. The van der Waals surface area contributed by atoms with Crippen LogP contribution in [-0.4, -0.2) is 37.1 Å². The topological polar surface area (TPSA) is 49.7 Å². The molecule has 0 aliphatic rings. The van der Waals surface area contributed by atoms with Crippen molar-refractivity contribution in [2.24, 2.45) is 0 Å². The highest BCUT2D eigenvalue weighted by Gasteiger charge is 2.31. The molecule has 4 heteroatoms. The second kappa shape index (κ2) is 5.61. The molecular formula is C11H15BrO3. The van der Waals surface area contributed by atoms with Crippen LogP contribution in [0.1, 0.15) is 5.56 Å². The Hall–Kier alpha value is -0.420. The molecule has 84 valence electrons. The van der Waals surface area contributed by atoms with Gasteiger partial charge in [0.1, 0.15) is 0 Å². The maximum Gasteiger partial charge on any atom is 0.0648 e. The third kappa shape index (κ3) is 2.78. The van der Waals surface area contributed by atoms with Crippen LogP contribution in [0.3, 0.4) is 0 Å². The minimum atomic E-state index is -0.724. The normalized spacial score (nSPS) is 11.7. The lowest BCUT2D eigenvalue weighted by molar-refractivity contribution is 0.0418. The third-order valence-electron chi connectivity index (χ3n) is 2.46. The summed E-state index contributed by atoms with van der Waals surface area (Å²) in [7, 11) is 1.55. The Morgan fingerprint density at radius 3 is 2.47 bits per heavy atom. The van der Waals surface area contributed by atoms with Crippen LogP contribution in [0.15, 0.2) is 28.7 Å². The van der Waals surface area contributed by atoms with Gasteiger partial charge in [-0.3, -0.25) is 0 Å². The molecule has 0 saturated heterocycles. The van der Waals surface area contributed by atoms with E-state index in [2.05, 4.69) is 15.9 Å². The van der Waals surface area contributed by atoms with Gasteiger partial charge in [-0.25, -0.2) is 0 Å². The maximum atomic E-state index is 9.40. The molecule has 0 fully saturated rings. The molecule has 0 unspecified atom stereocenters. The van der Waals surface area contributed by atoms with E-state index in [0.717, 1.165) is 10.0 Å². The Bertz CT molecular complexity index is 310. The molecule has 0 aliphatic heterocycles. The van der Waals surface area contributed by atoms with Gasteiger partial charge in [0.15, 0.2) is 0 Å². The molecule has 0 spiro atoms. The van der Waals surface area contributed by atoms with Crippen molar-refractivity contribution in [3.05, 3.63) is 34.3 Å². The molecule has 1 aromatic carbocycles. The van der Waals surface area contributed by atoms with Crippen molar-refractivity contribution in [2.75, 3.05) is 26.9 Å². The zero-order chi connectivity index (χ0) is 11.3. The fourth-order valence-corrected chi connectivity index (χ4v) is 1.90. The largest absolute Gasteiger partial charge is 0.395 e. The summed E-state index contributed by atoms with van der Waals surface area (Å²) in [6.07, 6.45) is 0.